The van der Waals surface area contributed by atoms with E-state index in [0.29, 0.717) is 0 Å². The average Bonchev–Trinajstić information content (AvgIpc) is 2.46. The van der Waals surface area contributed by atoms with E-state index in [1.54, 1.807) is 0 Å². The Kier molecular flexibility index (Phi) is 3.21. The molecule has 0 N–H and O–H groups in total. The number of unbranched alkanes of at least 4 members (excludes halogenated alkanes) is 1. The molecule has 0 saturated heterocycles. The predicted molar refractivity (Wildman–Crippen MR) is 83.2 cm³/mol. The van der Waals surface area contributed by atoms with E-state index in [4.69, 9.17) is 6.42 Å². The molecule has 0 aliphatic rings. The van der Waals surface area contributed by atoms with Crippen molar-refractivity contribution in [3.05, 3.63) is 60.2 Å². The molecule has 0 saturated carbocycles. The Morgan fingerprint density at radius 3 is 2.37 bits per heavy atom. The summed E-state index contributed by atoms with van der Waals surface area (Å²) in [6.45, 7) is 0. The van der Waals surface area contributed by atoms with Gasteiger partial charge in [0.2, 0.25) is 0 Å². The monoisotopic (exact) mass is 244 g/mol. The molecule has 19 heavy (non-hydrogen) atoms. The molecule has 0 heteroatoms. The van der Waals surface area contributed by atoms with Crippen LogP contribution in [0.5, 0.6) is 0 Å². The smallest absolute Gasteiger partial charge is 0.00892 e. The first kappa shape index (κ1) is 11.8. The van der Waals surface area contributed by atoms with Crippen LogP contribution in [0.1, 0.15) is 18.4 Å². The van der Waals surface area contributed by atoms with Crippen molar-refractivity contribution in [1.82, 2.24) is 0 Å². The van der Waals surface area contributed by atoms with Gasteiger partial charge in [-0.3, -0.25) is 0 Å². The summed E-state index contributed by atoms with van der Waals surface area (Å²) in [7, 11) is 0. The second-order valence-corrected chi connectivity index (χ2v) is 4.90. The lowest BCUT2D eigenvalue weighted by Crippen LogP contribution is -1.87. The minimum absolute atomic E-state index is 0.851. The van der Waals surface area contributed by atoms with Crippen LogP contribution in [0.4, 0.5) is 0 Å². The summed E-state index contributed by atoms with van der Waals surface area (Å²) in [6, 6.07) is 19.6. The molecule has 0 amide bonds. The summed E-state index contributed by atoms with van der Waals surface area (Å²) in [5.74, 6) is 2.72. The van der Waals surface area contributed by atoms with E-state index in [1.165, 1.54) is 27.1 Å². The first-order chi connectivity index (χ1) is 9.38. The quantitative estimate of drug-likeness (QED) is 0.347. The van der Waals surface area contributed by atoms with Crippen LogP contribution < -0.4 is 0 Å². The van der Waals surface area contributed by atoms with E-state index in [2.05, 4.69) is 60.5 Å². The molecular weight excluding hydrogens is 228 g/mol. The van der Waals surface area contributed by atoms with Gasteiger partial charge in [0.1, 0.15) is 0 Å². The van der Waals surface area contributed by atoms with Crippen molar-refractivity contribution in [2.24, 2.45) is 0 Å². The number of hydrogen-bond acceptors (Lipinski definition) is 0. The highest BCUT2D eigenvalue weighted by atomic mass is 14.1. The second-order valence-electron chi connectivity index (χ2n) is 4.90. The Labute approximate surface area is 114 Å². The van der Waals surface area contributed by atoms with Crippen molar-refractivity contribution in [2.75, 3.05) is 0 Å². The molecule has 0 unspecified atom stereocenters. The van der Waals surface area contributed by atoms with Crippen molar-refractivity contribution in [3.8, 4) is 12.3 Å². The zero-order valence-corrected chi connectivity index (χ0v) is 10.9. The van der Waals surface area contributed by atoms with E-state index in [0.717, 1.165) is 19.3 Å². The van der Waals surface area contributed by atoms with Gasteiger partial charge in [0.25, 0.3) is 0 Å². The van der Waals surface area contributed by atoms with Gasteiger partial charge in [0, 0.05) is 6.42 Å². The summed E-state index contributed by atoms with van der Waals surface area (Å²) in [5, 5.41) is 5.28. The highest BCUT2D eigenvalue weighted by molar-refractivity contribution is 5.99. The van der Waals surface area contributed by atoms with Gasteiger partial charge < -0.3 is 0 Å². The number of rotatable bonds is 3. The summed E-state index contributed by atoms with van der Waals surface area (Å²) >= 11 is 0. The molecule has 92 valence electrons. The molecule has 0 aliphatic heterocycles. The lowest BCUT2D eigenvalue weighted by atomic mass is 9.97. The number of benzene rings is 3. The summed E-state index contributed by atoms with van der Waals surface area (Å²) < 4.78 is 0. The van der Waals surface area contributed by atoms with Gasteiger partial charge in [-0.2, -0.15) is 0 Å². The number of terminal acetylenes is 1. The van der Waals surface area contributed by atoms with Gasteiger partial charge in [-0.15, -0.1) is 12.3 Å². The van der Waals surface area contributed by atoms with Crippen LogP contribution in [0, 0.1) is 12.3 Å². The minimum atomic E-state index is 0.851. The Morgan fingerprint density at radius 2 is 1.58 bits per heavy atom. The number of fused-ring (bicyclic) bond motifs is 2. The summed E-state index contributed by atoms with van der Waals surface area (Å²) in [6.07, 6.45) is 8.29. The van der Waals surface area contributed by atoms with Crippen LogP contribution in [0.25, 0.3) is 21.5 Å². The number of aryl methyl sites for hydroxylation is 1. The third-order valence-corrected chi connectivity index (χ3v) is 3.60. The maximum absolute atomic E-state index is 5.33. The van der Waals surface area contributed by atoms with Crippen LogP contribution in [0.3, 0.4) is 0 Å². The van der Waals surface area contributed by atoms with Crippen molar-refractivity contribution in [3.63, 3.8) is 0 Å². The van der Waals surface area contributed by atoms with Gasteiger partial charge in [0.05, 0.1) is 0 Å². The van der Waals surface area contributed by atoms with E-state index < -0.39 is 0 Å². The van der Waals surface area contributed by atoms with Gasteiger partial charge in [-0.25, -0.2) is 0 Å². The van der Waals surface area contributed by atoms with Crippen molar-refractivity contribution >= 4 is 21.5 Å². The third-order valence-electron chi connectivity index (χ3n) is 3.60. The molecular formula is C19H16. The topological polar surface area (TPSA) is 0 Å². The second kappa shape index (κ2) is 5.16. The zero-order valence-electron chi connectivity index (χ0n) is 10.9. The van der Waals surface area contributed by atoms with Gasteiger partial charge in [0.15, 0.2) is 0 Å². The van der Waals surface area contributed by atoms with Crippen molar-refractivity contribution in [2.45, 2.75) is 19.3 Å². The van der Waals surface area contributed by atoms with Crippen LogP contribution in [0.15, 0.2) is 54.6 Å². The normalized spacial score (nSPS) is 10.7. The maximum Gasteiger partial charge on any atom is 0.00892 e. The van der Waals surface area contributed by atoms with Crippen LogP contribution >= 0.6 is 0 Å². The molecule has 0 bridgehead atoms. The first-order valence-corrected chi connectivity index (χ1v) is 6.72. The SMILES string of the molecule is C#CCCCc1cccc2cc3ccccc3cc12. The molecule has 3 rings (SSSR count). The van der Waals surface area contributed by atoms with Gasteiger partial charge >= 0.3 is 0 Å². The fourth-order valence-electron chi connectivity index (χ4n) is 2.63. The van der Waals surface area contributed by atoms with E-state index in [9.17, 15) is 0 Å². The summed E-state index contributed by atoms with van der Waals surface area (Å²) in [5.41, 5.74) is 1.40. The average molecular weight is 244 g/mol. The summed E-state index contributed by atoms with van der Waals surface area (Å²) in [4.78, 5) is 0. The maximum atomic E-state index is 5.33. The van der Waals surface area contributed by atoms with Gasteiger partial charge in [-0.1, -0.05) is 42.5 Å². The highest BCUT2D eigenvalue weighted by Crippen LogP contribution is 2.26. The minimum Gasteiger partial charge on any atom is -0.120 e. The lowest BCUT2D eigenvalue weighted by Gasteiger charge is -2.08. The fourth-order valence-corrected chi connectivity index (χ4v) is 2.63. The van der Waals surface area contributed by atoms with Crippen molar-refractivity contribution in [1.29, 1.82) is 0 Å². The van der Waals surface area contributed by atoms with E-state index in [-0.39, 0.29) is 0 Å². The molecule has 3 aromatic rings. The van der Waals surface area contributed by atoms with Crippen molar-refractivity contribution < 1.29 is 0 Å². The lowest BCUT2D eigenvalue weighted by molar-refractivity contribution is 0.864. The highest BCUT2D eigenvalue weighted by Gasteiger charge is 2.02. The standard InChI is InChI=1S/C19H16/c1-2-3-4-8-15-11-7-12-18-13-16-9-5-6-10-17(16)14-19(15)18/h1,5-7,9-14H,3-4,8H2. The Balaban J connectivity index is 2.13. The zero-order chi connectivity index (χ0) is 13.1. The molecule has 3 aromatic carbocycles. The Morgan fingerprint density at radius 1 is 0.842 bits per heavy atom. The van der Waals surface area contributed by atoms with Crippen LogP contribution in [0.2, 0.25) is 0 Å². The fraction of sp³-hybridized carbons (Fsp3) is 0.158. The number of hydrogen-bond donors (Lipinski definition) is 0. The largest absolute Gasteiger partial charge is 0.120 e. The van der Waals surface area contributed by atoms with Crippen LogP contribution in [-0.4, -0.2) is 0 Å². The third kappa shape index (κ3) is 2.33. The van der Waals surface area contributed by atoms with E-state index >= 15 is 0 Å². The Hall–Kier alpha value is -2.26. The predicted octanol–water partition coefficient (Wildman–Crippen LogP) is 4.95. The Bertz CT molecular complexity index is 760. The molecule has 0 nitrogen and oxygen atoms in total. The molecule has 0 aromatic heterocycles. The first-order valence-electron chi connectivity index (χ1n) is 6.72. The molecule has 0 spiro atoms. The molecule has 0 radical (unpaired) electrons. The molecule has 0 aliphatic carbocycles. The molecule has 0 fully saturated rings. The van der Waals surface area contributed by atoms with Crippen LogP contribution in [-0.2, 0) is 6.42 Å². The molecule has 0 atom stereocenters. The van der Waals surface area contributed by atoms with E-state index in [1.807, 2.05) is 0 Å². The molecule has 0 heterocycles. The van der Waals surface area contributed by atoms with Gasteiger partial charge in [-0.05, 0) is 52.1 Å².